The van der Waals surface area contributed by atoms with Crippen LogP contribution in [0.2, 0.25) is 19.6 Å². The van der Waals surface area contributed by atoms with Crippen LogP contribution in [0.1, 0.15) is 39.7 Å². The Hall–Kier alpha value is -3.11. The first-order valence-electron chi connectivity index (χ1n) is 12.6. The number of hydrogen-bond acceptors (Lipinski definition) is 9. The minimum absolute atomic E-state index is 0.00428. The van der Waals surface area contributed by atoms with Gasteiger partial charge in [-0.2, -0.15) is 0 Å². The number of carbonyl (C=O) groups is 3. The smallest absolute Gasteiger partial charge is 0.352 e. The summed E-state index contributed by atoms with van der Waals surface area (Å²) in [7, 11) is 0.710. The van der Waals surface area contributed by atoms with E-state index in [2.05, 4.69) is 0 Å². The van der Waals surface area contributed by atoms with Gasteiger partial charge in [-0.1, -0.05) is 0 Å². The summed E-state index contributed by atoms with van der Waals surface area (Å²) in [5.41, 5.74) is -4.83. The molecular formula is C28H38O9Si. The maximum atomic E-state index is 14.2. The van der Waals surface area contributed by atoms with Crippen LogP contribution in [0.5, 0.6) is 5.75 Å². The number of allylic oxidation sites excluding steroid dienone is 1. The molecule has 208 valence electrons. The molecule has 3 atom stereocenters. The van der Waals surface area contributed by atoms with Gasteiger partial charge in [0.25, 0.3) is 0 Å². The number of methoxy groups -OCH3 is 2. The number of fused-ring (bicyclic) bond motifs is 1. The zero-order valence-corrected chi connectivity index (χ0v) is 24.6. The van der Waals surface area contributed by atoms with E-state index in [4.69, 9.17) is 28.1 Å². The van der Waals surface area contributed by atoms with E-state index < -0.39 is 48.8 Å². The third-order valence-corrected chi connectivity index (χ3v) is 7.03. The molecule has 0 fully saturated rings. The minimum atomic E-state index is -2.22. The molecule has 1 aromatic rings. The van der Waals surface area contributed by atoms with Crippen molar-refractivity contribution in [2.24, 2.45) is 5.41 Å². The van der Waals surface area contributed by atoms with Crippen LogP contribution in [0.3, 0.4) is 0 Å². The van der Waals surface area contributed by atoms with Gasteiger partial charge in [0.2, 0.25) is 19.3 Å². The Labute approximate surface area is 225 Å². The maximum Gasteiger partial charge on any atom is 0.352 e. The first-order valence-corrected chi connectivity index (χ1v) is 16.0. The highest BCUT2D eigenvalue weighted by molar-refractivity contribution is 6.70. The van der Waals surface area contributed by atoms with Gasteiger partial charge in [-0.3, -0.25) is 9.59 Å². The average Bonchev–Trinajstić information content (AvgIpc) is 2.81. The molecule has 1 aliphatic heterocycles. The summed E-state index contributed by atoms with van der Waals surface area (Å²) in [6.45, 7) is 12.6. The third kappa shape index (κ3) is 5.37. The van der Waals surface area contributed by atoms with Gasteiger partial charge in [0.1, 0.15) is 23.2 Å². The Morgan fingerprint density at radius 2 is 1.71 bits per heavy atom. The zero-order chi connectivity index (χ0) is 28.5. The Bertz CT molecular complexity index is 1140. The Balaban J connectivity index is 2.34. The van der Waals surface area contributed by atoms with E-state index in [0.717, 1.165) is 0 Å². The van der Waals surface area contributed by atoms with Crippen LogP contribution in [0.25, 0.3) is 5.76 Å². The SMILES string of the molecule is CCOC(=O)[C@]12CC(O[Si](C)(C)C)=C[C@@H](OC)[C@@]1(C(=O)OC(C)(C)C)C(=O)C=C(c1ccc(OC)cc1)O2. The van der Waals surface area contributed by atoms with Crippen molar-refractivity contribution in [3.05, 3.63) is 47.7 Å². The van der Waals surface area contributed by atoms with Crippen molar-refractivity contribution < 1.29 is 42.5 Å². The average molecular weight is 547 g/mol. The van der Waals surface area contributed by atoms with Crippen molar-refractivity contribution in [3.8, 4) is 5.75 Å². The summed E-state index contributed by atoms with van der Waals surface area (Å²) >= 11 is 0. The predicted molar refractivity (Wildman–Crippen MR) is 143 cm³/mol. The van der Waals surface area contributed by atoms with Crippen molar-refractivity contribution in [3.63, 3.8) is 0 Å². The minimum Gasteiger partial charge on any atom is -0.547 e. The molecule has 1 aromatic carbocycles. The molecule has 3 rings (SSSR count). The van der Waals surface area contributed by atoms with Crippen LogP contribution in [-0.4, -0.2) is 64.2 Å². The summed E-state index contributed by atoms with van der Waals surface area (Å²) < 4.78 is 35.0. The number of benzene rings is 1. The molecule has 0 N–H and O–H groups in total. The first kappa shape index (κ1) is 29.4. The Morgan fingerprint density at radius 1 is 1.08 bits per heavy atom. The van der Waals surface area contributed by atoms with Gasteiger partial charge in [-0.15, -0.1) is 0 Å². The highest BCUT2D eigenvalue weighted by Crippen LogP contribution is 2.55. The molecule has 38 heavy (non-hydrogen) atoms. The fourth-order valence-corrected chi connectivity index (χ4v) is 5.67. The van der Waals surface area contributed by atoms with Gasteiger partial charge in [0.15, 0.2) is 5.78 Å². The van der Waals surface area contributed by atoms with Crippen molar-refractivity contribution in [2.75, 3.05) is 20.8 Å². The number of hydrogen-bond donors (Lipinski definition) is 0. The molecule has 1 aliphatic carbocycles. The summed E-state index contributed by atoms with van der Waals surface area (Å²) in [4.78, 5) is 42.2. The molecular weight excluding hydrogens is 508 g/mol. The lowest BCUT2D eigenvalue weighted by molar-refractivity contribution is -0.217. The van der Waals surface area contributed by atoms with Gasteiger partial charge in [-0.05, 0) is 77.7 Å². The summed E-state index contributed by atoms with van der Waals surface area (Å²) in [5, 5.41) is 0. The van der Waals surface area contributed by atoms with E-state index in [1.807, 2.05) is 19.6 Å². The topological polar surface area (TPSA) is 107 Å². The van der Waals surface area contributed by atoms with Crippen molar-refractivity contribution in [2.45, 2.75) is 71.1 Å². The number of ether oxygens (including phenoxy) is 5. The molecule has 0 amide bonds. The van der Waals surface area contributed by atoms with E-state index in [1.54, 1.807) is 65.1 Å². The van der Waals surface area contributed by atoms with Crippen molar-refractivity contribution in [1.82, 2.24) is 0 Å². The molecule has 0 saturated carbocycles. The van der Waals surface area contributed by atoms with Gasteiger partial charge in [0, 0.05) is 18.7 Å². The second-order valence-electron chi connectivity index (χ2n) is 11.2. The van der Waals surface area contributed by atoms with E-state index in [9.17, 15) is 14.4 Å². The second kappa shape index (κ2) is 10.6. The van der Waals surface area contributed by atoms with Gasteiger partial charge in [0.05, 0.1) is 25.9 Å². The zero-order valence-electron chi connectivity index (χ0n) is 23.6. The Morgan fingerprint density at radius 3 is 2.21 bits per heavy atom. The summed E-state index contributed by atoms with van der Waals surface area (Å²) in [6.07, 6.45) is 1.33. The molecule has 0 spiro atoms. The van der Waals surface area contributed by atoms with E-state index >= 15 is 0 Å². The fraction of sp³-hybridized carbons (Fsp3) is 0.536. The highest BCUT2D eigenvalue weighted by Gasteiger charge is 2.76. The molecule has 10 heteroatoms. The van der Waals surface area contributed by atoms with Crippen LogP contribution in [0.15, 0.2) is 42.2 Å². The first-order chi connectivity index (χ1) is 17.6. The molecule has 9 nitrogen and oxygen atoms in total. The lowest BCUT2D eigenvalue weighted by atomic mass is 9.59. The number of rotatable bonds is 8. The van der Waals surface area contributed by atoms with Crippen LogP contribution in [-0.2, 0) is 37.8 Å². The molecule has 0 aromatic heterocycles. The van der Waals surface area contributed by atoms with Crippen molar-refractivity contribution >= 4 is 31.8 Å². The number of carbonyl (C=O) groups excluding carboxylic acids is 3. The molecule has 2 aliphatic rings. The third-order valence-electron chi connectivity index (χ3n) is 6.15. The molecule has 0 bridgehead atoms. The van der Waals surface area contributed by atoms with E-state index in [1.165, 1.54) is 13.2 Å². The van der Waals surface area contributed by atoms with Gasteiger partial charge < -0.3 is 28.1 Å². The van der Waals surface area contributed by atoms with Gasteiger partial charge in [-0.25, -0.2) is 4.79 Å². The molecule has 1 heterocycles. The number of ketones is 1. The van der Waals surface area contributed by atoms with Gasteiger partial charge >= 0.3 is 11.9 Å². The van der Waals surface area contributed by atoms with Crippen LogP contribution in [0, 0.1) is 5.41 Å². The predicted octanol–water partition coefficient (Wildman–Crippen LogP) is 4.42. The molecule has 0 saturated heterocycles. The van der Waals surface area contributed by atoms with E-state index in [0.29, 0.717) is 17.1 Å². The largest absolute Gasteiger partial charge is 0.547 e. The van der Waals surface area contributed by atoms with Crippen LogP contribution in [0.4, 0.5) is 0 Å². The normalized spacial score (nSPS) is 25.3. The lowest BCUT2D eigenvalue weighted by Gasteiger charge is -2.52. The second-order valence-corrected chi connectivity index (χ2v) is 15.7. The summed E-state index contributed by atoms with van der Waals surface area (Å²) in [5.74, 6) is -1.42. The highest BCUT2D eigenvalue weighted by atomic mass is 28.4. The molecule has 0 unspecified atom stereocenters. The fourth-order valence-electron chi connectivity index (χ4n) is 4.74. The standard InChI is InChI=1S/C28H38O9Si/c1-10-34-24(30)27-17-20(37-38(7,8)9)15-23(33-6)28(27,25(31)36-26(2,3)4)22(29)16-21(35-27)18-11-13-19(32-5)14-12-18/h11-16,23H,10,17H2,1-9H3/t23-,27-,28-/m1/s1. The van der Waals surface area contributed by atoms with Crippen LogP contribution >= 0.6 is 0 Å². The van der Waals surface area contributed by atoms with Crippen molar-refractivity contribution in [1.29, 1.82) is 0 Å². The number of esters is 2. The molecule has 0 radical (unpaired) electrons. The Kier molecular flexibility index (Phi) is 8.19. The summed E-state index contributed by atoms with van der Waals surface area (Å²) in [6, 6.07) is 6.80. The van der Waals surface area contributed by atoms with Crippen LogP contribution < -0.4 is 4.74 Å². The monoisotopic (exact) mass is 546 g/mol. The lowest BCUT2D eigenvalue weighted by Crippen LogP contribution is -2.72. The quantitative estimate of drug-likeness (QED) is 0.266. The van der Waals surface area contributed by atoms with E-state index in [-0.39, 0.29) is 18.8 Å². The maximum absolute atomic E-state index is 14.2.